The zero-order chi connectivity index (χ0) is 31.3. The molecule has 9 aromatic carbocycles. The van der Waals surface area contributed by atoms with Crippen molar-refractivity contribution < 1.29 is 8.83 Å². The Labute approximate surface area is 275 Å². The van der Waals surface area contributed by atoms with Crippen molar-refractivity contribution >= 4 is 76.2 Å². The molecule has 222 valence electrons. The van der Waals surface area contributed by atoms with E-state index in [4.69, 9.17) is 8.83 Å². The molecule has 2 nitrogen and oxygen atoms in total. The van der Waals surface area contributed by atoms with Gasteiger partial charge in [0.2, 0.25) is 0 Å². The lowest BCUT2D eigenvalue weighted by Crippen LogP contribution is -1.92. The van der Waals surface area contributed by atoms with Gasteiger partial charge < -0.3 is 8.83 Å². The Morgan fingerprint density at radius 3 is 1.62 bits per heavy atom. The maximum Gasteiger partial charge on any atom is 0.136 e. The van der Waals surface area contributed by atoms with Crippen molar-refractivity contribution in [1.82, 2.24) is 0 Å². The zero-order valence-electron chi connectivity index (χ0n) is 25.8. The van der Waals surface area contributed by atoms with Gasteiger partial charge in [0.1, 0.15) is 22.3 Å². The fraction of sp³-hybridized carbons (Fsp3) is 0. The van der Waals surface area contributed by atoms with Crippen LogP contribution in [0.5, 0.6) is 0 Å². The fourth-order valence-corrected chi connectivity index (χ4v) is 8.13. The van der Waals surface area contributed by atoms with Gasteiger partial charge in [0.25, 0.3) is 0 Å². The second kappa shape index (κ2) is 9.57. The molecule has 2 heteroatoms. The van der Waals surface area contributed by atoms with E-state index in [9.17, 15) is 0 Å². The minimum absolute atomic E-state index is 0.916. The summed E-state index contributed by atoms with van der Waals surface area (Å²) >= 11 is 0. The second-order valence-corrected chi connectivity index (χ2v) is 12.8. The van der Waals surface area contributed by atoms with E-state index in [0.29, 0.717) is 0 Å². The third-order valence-corrected chi connectivity index (χ3v) is 10.2. The summed E-state index contributed by atoms with van der Waals surface area (Å²) in [7, 11) is 0. The van der Waals surface area contributed by atoms with Crippen molar-refractivity contribution in [2.45, 2.75) is 0 Å². The molecule has 0 radical (unpaired) electrons. The summed E-state index contributed by atoms with van der Waals surface area (Å²) in [4.78, 5) is 0. The Balaban J connectivity index is 1.12. The summed E-state index contributed by atoms with van der Waals surface area (Å²) in [5.41, 5.74) is 11.0. The van der Waals surface area contributed by atoms with Crippen molar-refractivity contribution in [3.63, 3.8) is 0 Å². The Kier molecular flexibility index (Phi) is 5.14. The molecule has 0 aliphatic carbocycles. The summed E-state index contributed by atoms with van der Waals surface area (Å²) in [5.74, 6) is 0. The Morgan fingerprint density at radius 1 is 0.292 bits per heavy atom. The van der Waals surface area contributed by atoms with Crippen LogP contribution in [0.4, 0.5) is 0 Å². The van der Waals surface area contributed by atoms with Gasteiger partial charge in [-0.3, -0.25) is 0 Å². The number of benzene rings is 9. The minimum atomic E-state index is 0.916. The summed E-state index contributed by atoms with van der Waals surface area (Å²) in [6, 6.07) is 56.8. The normalized spacial score (nSPS) is 12.2. The first kappa shape index (κ1) is 25.8. The number of furan rings is 2. The van der Waals surface area contributed by atoms with Crippen LogP contribution in [-0.2, 0) is 0 Å². The third-order valence-electron chi connectivity index (χ3n) is 10.2. The molecule has 11 rings (SSSR count). The molecule has 0 spiro atoms. The molecule has 0 aliphatic rings. The van der Waals surface area contributed by atoms with Crippen LogP contribution in [0.3, 0.4) is 0 Å². The van der Waals surface area contributed by atoms with Gasteiger partial charge in [-0.25, -0.2) is 0 Å². The van der Waals surface area contributed by atoms with Gasteiger partial charge >= 0.3 is 0 Å². The molecule has 0 saturated carbocycles. The van der Waals surface area contributed by atoms with E-state index in [0.717, 1.165) is 33.1 Å². The Hall–Kier alpha value is -6.38. The van der Waals surface area contributed by atoms with Gasteiger partial charge in [0.15, 0.2) is 0 Å². The highest BCUT2D eigenvalue weighted by molar-refractivity contribution is 6.28. The first-order chi connectivity index (χ1) is 23.8. The number of hydrogen-bond acceptors (Lipinski definition) is 2. The molecule has 0 unspecified atom stereocenters. The van der Waals surface area contributed by atoms with E-state index >= 15 is 0 Å². The SMILES string of the molecule is c1ccc2c(c1)oc1ccc(-c3ccc(-c4c5ccccc5c(-c5ccc6oc7cccc8ccc5c6c87)c5ccccc45)cc3)cc12. The maximum atomic E-state index is 6.33. The molecule has 0 amide bonds. The number of hydrogen-bond donors (Lipinski definition) is 0. The molecule has 2 heterocycles. The van der Waals surface area contributed by atoms with Crippen LogP contribution >= 0.6 is 0 Å². The van der Waals surface area contributed by atoms with E-state index < -0.39 is 0 Å². The molecule has 0 atom stereocenters. The largest absolute Gasteiger partial charge is 0.456 e. The fourth-order valence-electron chi connectivity index (χ4n) is 8.13. The average molecular weight is 611 g/mol. The molecule has 0 N–H and O–H groups in total. The Bertz CT molecular complexity index is 2990. The van der Waals surface area contributed by atoms with Crippen LogP contribution in [0, 0.1) is 0 Å². The van der Waals surface area contributed by atoms with E-state index in [-0.39, 0.29) is 0 Å². The highest BCUT2D eigenvalue weighted by Gasteiger charge is 2.21. The van der Waals surface area contributed by atoms with Crippen molar-refractivity contribution in [3.05, 3.63) is 158 Å². The first-order valence-corrected chi connectivity index (χ1v) is 16.4. The van der Waals surface area contributed by atoms with E-state index in [1.54, 1.807) is 0 Å². The number of para-hydroxylation sites is 1. The summed E-state index contributed by atoms with van der Waals surface area (Å²) < 4.78 is 12.4. The molecule has 0 bridgehead atoms. The number of rotatable bonds is 3. The van der Waals surface area contributed by atoms with Gasteiger partial charge in [-0.2, -0.15) is 0 Å². The van der Waals surface area contributed by atoms with Gasteiger partial charge in [-0.1, -0.05) is 121 Å². The molecule has 2 aromatic heterocycles. The lowest BCUT2D eigenvalue weighted by atomic mass is 9.84. The van der Waals surface area contributed by atoms with Crippen molar-refractivity contribution in [2.75, 3.05) is 0 Å². The average Bonchev–Trinajstić information content (AvgIpc) is 3.72. The highest BCUT2D eigenvalue weighted by Crippen LogP contribution is 2.48. The van der Waals surface area contributed by atoms with Crippen molar-refractivity contribution in [2.24, 2.45) is 0 Å². The smallest absolute Gasteiger partial charge is 0.136 e. The molecular formula is C46H26O2. The second-order valence-electron chi connectivity index (χ2n) is 12.8. The topological polar surface area (TPSA) is 26.3 Å². The van der Waals surface area contributed by atoms with Crippen molar-refractivity contribution in [3.8, 4) is 33.4 Å². The minimum Gasteiger partial charge on any atom is -0.456 e. The molecule has 0 saturated heterocycles. The quantitative estimate of drug-likeness (QED) is 0.147. The van der Waals surface area contributed by atoms with Crippen LogP contribution in [0.25, 0.3) is 110 Å². The van der Waals surface area contributed by atoms with E-state index in [2.05, 4.69) is 146 Å². The predicted molar refractivity (Wildman–Crippen MR) is 201 cm³/mol. The number of fused-ring (bicyclic) bond motifs is 5. The molecule has 0 aliphatic heterocycles. The van der Waals surface area contributed by atoms with Gasteiger partial charge in [0, 0.05) is 21.5 Å². The highest BCUT2D eigenvalue weighted by atomic mass is 16.3. The maximum absolute atomic E-state index is 6.33. The van der Waals surface area contributed by atoms with Crippen LogP contribution in [0.15, 0.2) is 167 Å². The summed E-state index contributed by atoms with van der Waals surface area (Å²) in [6.07, 6.45) is 0. The molecular weight excluding hydrogens is 585 g/mol. The summed E-state index contributed by atoms with van der Waals surface area (Å²) in [6.45, 7) is 0. The van der Waals surface area contributed by atoms with E-state index in [1.165, 1.54) is 76.5 Å². The standard InChI is InChI=1S/C46H26O2/c1-3-12-34-32(10-1)43(29-18-16-27(17-19-29)30-21-24-40-38(26-30)31-9-5-6-14-39(31)47-40)33-11-2-4-13-35(33)45(34)36-23-25-42-46-37(36)22-20-28-8-7-15-41(48-42)44(28)46/h1-26H. The lowest BCUT2D eigenvalue weighted by Gasteiger charge is -2.19. The summed E-state index contributed by atoms with van der Waals surface area (Å²) in [5, 5.41) is 12.1. The lowest BCUT2D eigenvalue weighted by molar-refractivity contribution is 0.668. The van der Waals surface area contributed by atoms with Gasteiger partial charge in [-0.15, -0.1) is 0 Å². The first-order valence-electron chi connectivity index (χ1n) is 16.4. The monoisotopic (exact) mass is 610 g/mol. The van der Waals surface area contributed by atoms with Crippen LogP contribution in [0.1, 0.15) is 0 Å². The third kappa shape index (κ3) is 3.52. The molecule has 11 aromatic rings. The Morgan fingerprint density at radius 2 is 0.854 bits per heavy atom. The van der Waals surface area contributed by atoms with Crippen LogP contribution < -0.4 is 0 Å². The van der Waals surface area contributed by atoms with E-state index in [1.807, 2.05) is 12.1 Å². The zero-order valence-corrected chi connectivity index (χ0v) is 25.8. The van der Waals surface area contributed by atoms with Crippen LogP contribution in [0.2, 0.25) is 0 Å². The molecule has 48 heavy (non-hydrogen) atoms. The van der Waals surface area contributed by atoms with Gasteiger partial charge in [-0.05, 0) is 102 Å². The molecule has 0 fully saturated rings. The van der Waals surface area contributed by atoms with Crippen molar-refractivity contribution in [1.29, 1.82) is 0 Å². The predicted octanol–water partition coefficient (Wildman–Crippen LogP) is 13.4. The van der Waals surface area contributed by atoms with Crippen LogP contribution in [-0.4, -0.2) is 0 Å². The van der Waals surface area contributed by atoms with Gasteiger partial charge in [0.05, 0.1) is 0 Å².